The second kappa shape index (κ2) is 14.5. The van der Waals surface area contributed by atoms with Crippen LogP contribution in [0.25, 0.3) is 0 Å². The van der Waals surface area contributed by atoms with E-state index in [4.69, 9.17) is 4.74 Å². The third-order valence-corrected chi connectivity index (χ3v) is 7.99. The Balaban J connectivity index is 0.000000580. The summed E-state index contributed by atoms with van der Waals surface area (Å²) in [5.41, 5.74) is 0.123. The van der Waals surface area contributed by atoms with Crippen molar-refractivity contribution in [3.05, 3.63) is 24.0 Å². The van der Waals surface area contributed by atoms with Gasteiger partial charge in [0.25, 0.3) is 0 Å². The molecule has 1 fully saturated rings. The molecule has 0 aromatic rings. The molecule has 2 N–H and O–H groups in total. The summed E-state index contributed by atoms with van der Waals surface area (Å²) in [6, 6.07) is 0. The number of allylic oxidation sites excluding steroid dienone is 1. The lowest BCUT2D eigenvalue weighted by Crippen LogP contribution is -2.69. The van der Waals surface area contributed by atoms with Gasteiger partial charge < -0.3 is 24.4 Å². The standard InChI is InChI=1S/C22H37NO4.C6H10O4/c1-6-19(26)27-15-10-17-18(25)16-20(2,3)22(11-14-24,21(17,4)5)23-12-8-7-9-13-23;1-9-5(7)3-4-6(8)10-2/h6,24-25H,1,7-16H2,2-5H3;3-4H2,1-2H3. The summed E-state index contributed by atoms with van der Waals surface area (Å²) in [4.78, 5) is 34.8. The zero-order valence-corrected chi connectivity index (χ0v) is 23.6. The average Bonchev–Trinajstić information content (AvgIpc) is 2.87. The third-order valence-electron chi connectivity index (χ3n) is 7.99. The van der Waals surface area contributed by atoms with Gasteiger partial charge >= 0.3 is 17.9 Å². The maximum absolute atomic E-state index is 11.4. The summed E-state index contributed by atoms with van der Waals surface area (Å²) in [5.74, 6) is -0.831. The molecule has 0 aromatic carbocycles. The highest BCUT2D eigenvalue weighted by atomic mass is 16.5. The zero-order chi connectivity index (χ0) is 28.3. The maximum Gasteiger partial charge on any atom is 0.330 e. The number of likely N-dealkylation sites (tertiary alicyclic amines) is 1. The van der Waals surface area contributed by atoms with Crippen molar-refractivity contribution in [3.8, 4) is 0 Å². The Kier molecular flexibility index (Phi) is 12.8. The number of piperidine rings is 1. The van der Waals surface area contributed by atoms with Crippen LogP contribution in [-0.4, -0.2) is 79.1 Å². The van der Waals surface area contributed by atoms with Crippen LogP contribution >= 0.6 is 0 Å². The SMILES string of the molecule is C=CC(=O)OCCC1=C(O)CC(C)(C)C(CCO)(N2CCCCC2)C1(C)C.COC(=O)CCC(=O)OC. The van der Waals surface area contributed by atoms with Crippen LogP contribution in [-0.2, 0) is 28.6 Å². The number of ether oxygens (including phenoxy) is 3. The van der Waals surface area contributed by atoms with Crippen LogP contribution < -0.4 is 0 Å². The van der Waals surface area contributed by atoms with Crippen molar-refractivity contribution in [2.45, 2.75) is 84.6 Å². The number of carbonyl (C=O) groups excluding carboxylic acids is 3. The van der Waals surface area contributed by atoms with Crippen LogP contribution in [0.1, 0.15) is 79.1 Å². The van der Waals surface area contributed by atoms with E-state index >= 15 is 0 Å². The highest BCUT2D eigenvalue weighted by Gasteiger charge is 2.61. The van der Waals surface area contributed by atoms with Gasteiger partial charge in [-0.2, -0.15) is 0 Å². The van der Waals surface area contributed by atoms with Crippen LogP contribution in [0.15, 0.2) is 24.0 Å². The fraction of sp³-hybridized carbons (Fsp3) is 0.750. The van der Waals surface area contributed by atoms with Gasteiger partial charge in [0.05, 0.1) is 39.4 Å². The second-order valence-electron chi connectivity index (χ2n) is 10.8. The molecule has 9 heteroatoms. The molecule has 0 spiro atoms. The van der Waals surface area contributed by atoms with Gasteiger partial charge in [-0.15, -0.1) is 0 Å². The summed E-state index contributed by atoms with van der Waals surface area (Å²) in [7, 11) is 2.55. The number of hydrogen-bond donors (Lipinski definition) is 2. The number of nitrogens with zero attached hydrogens (tertiary/aromatic N) is 1. The van der Waals surface area contributed by atoms with E-state index in [0.29, 0.717) is 25.0 Å². The first-order chi connectivity index (χ1) is 17.3. The van der Waals surface area contributed by atoms with E-state index in [1.807, 2.05) is 0 Å². The smallest absolute Gasteiger partial charge is 0.330 e. The second-order valence-corrected chi connectivity index (χ2v) is 10.8. The van der Waals surface area contributed by atoms with Crippen molar-refractivity contribution in [2.24, 2.45) is 10.8 Å². The highest BCUT2D eigenvalue weighted by molar-refractivity contribution is 5.81. The van der Waals surface area contributed by atoms with Gasteiger partial charge in [0.2, 0.25) is 0 Å². The first-order valence-corrected chi connectivity index (χ1v) is 13.0. The molecule has 1 heterocycles. The number of hydrogen-bond acceptors (Lipinski definition) is 9. The van der Waals surface area contributed by atoms with E-state index in [9.17, 15) is 24.6 Å². The largest absolute Gasteiger partial charge is 0.512 e. The lowest BCUT2D eigenvalue weighted by atomic mass is 9.49. The molecular formula is C28H47NO8. The lowest BCUT2D eigenvalue weighted by molar-refractivity contribution is -0.147. The van der Waals surface area contributed by atoms with Crippen LogP contribution in [0.2, 0.25) is 0 Å². The monoisotopic (exact) mass is 525 g/mol. The summed E-state index contributed by atoms with van der Waals surface area (Å²) in [6.07, 6.45) is 6.64. The first-order valence-electron chi connectivity index (χ1n) is 13.0. The maximum atomic E-state index is 11.4. The fourth-order valence-corrected chi connectivity index (χ4v) is 6.38. The predicted octanol–water partition coefficient (Wildman–Crippen LogP) is 4.09. The molecule has 1 atom stereocenters. The van der Waals surface area contributed by atoms with Gasteiger partial charge in [0, 0.05) is 36.5 Å². The number of methoxy groups -OCH3 is 2. The van der Waals surface area contributed by atoms with Crippen LogP contribution in [0, 0.1) is 10.8 Å². The number of rotatable bonds is 10. The average molecular weight is 526 g/mol. The molecule has 0 aromatic heterocycles. The van der Waals surface area contributed by atoms with E-state index in [-0.39, 0.29) is 42.4 Å². The van der Waals surface area contributed by atoms with E-state index in [1.165, 1.54) is 33.5 Å². The number of aliphatic hydroxyl groups excluding tert-OH is 2. The van der Waals surface area contributed by atoms with Crippen molar-refractivity contribution >= 4 is 17.9 Å². The number of aliphatic hydroxyl groups is 2. The minimum atomic E-state index is -0.443. The van der Waals surface area contributed by atoms with Crippen molar-refractivity contribution in [3.63, 3.8) is 0 Å². The van der Waals surface area contributed by atoms with Crippen molar-refractivity contribution < 1.29 is 38.8 Å². The molecule has 2 aliphatic rings. The van der Waals surface area contributed by atoms with Crippen molar-refractivity contribution in [2.75, 3.05) is 40.5 Å². The van der Waals surface area contributed by atoms with Gasteiger partial charge in [0.15, 0.2) is 0 Å². The quantitative estimate of drug-likeness (QED) is 0.247. The summed E-state index contributed by atoms with van der Waals surface area (Å²) < 4.78 is 13.8. The van der Waals surface area contributed by atoms with Gasteiger partial charge in [-0.3, -0.25) is 14.5 Å². The Hall–Kier alpha value is -2.39. The van der Waals surface area contributed by atoms with Crippen LogP contribution in [0.4, 0.5) is 0 Å². The molecule has 0 saturated carbocycles. The van der Waals surface area contributed by atoms with E-state index in [0.717, 1.165) is 24.7 Å². The predicted molar refractivity (Wildman–Crippen MR) is 141 cm³/mol. The highest BCUT2D eigenvalue weighted by Crippen LogP contribution is 2.61. The molecule has 1 saturated heterocycles. The van der Waals surface area contributed by atoms with Crippen molar-refractivity contribution in [1.82, 2.24) is 4.90 Å². The van der Waals surface area contributed by atoms with Gasteiger partial charge in [-0.05, 0) is 43.3 Å². The first kappa shape index (κ1) is 32.6. The summed E-state index contributed by atoms with van der Waals surface area (Å²) >= 11 is 0. The van der Waals surface area contributed by atoms with Gasteiger partial charge in [0.1, 0.15) is 0 Å². The molecule has 2 rings (SSSR count). The Labute approximate surface area is 221 Å². The fourth-order valence-electron chi connectivity index (χ4n) is 6.38. The Morgan fingerprint density at radius 2 is 1.54 bits per heavy atom. The Morgan fingerprint density at radius 3 is 2.00 bits per heavy atom. The molecular weight excluding hydrogens is 478 g/mol. The molecule has 1 unspecified atom stereocenters. The molecule has 37 heavy (non-hydrogen) atoms. The van der Waals surface area contributed by atoms with Gasteiger partial charge in [-0.1, -0.05) is 40.7 Å². The number of carbonyl (C=O) groups is 3. The van der Waals surface area contributed by atoms with Gasteiger partial charge in [-0.25, -0.2) is 4.79 Å². The molecule has 9 nitrogen and oxygen atoms in total. The topological polar surface area (TPSA) is 123 Å². The molecule has 0 bridgehead atoms. The van der Waals surface area contributed by atoms with Crippen LogP contribution in [0.3, 0.4) is 0 Å². The molecule has 1 aliphatic carbocycles. The molecule has 0 amide bonds. The van der Waals surface area contributed by atoms with E-state index in [1.54, 1.807) is 0 Å². The Morgan fingerprint density at radius 1 is 1.00 bits per heavy atom. The Bertz CT molecular complexity index is 810. The third kappa shape index (κ3) is 7.80. The van der Waals surface area contributed by atoms with Crippen LogP contribution in [0.5, 0.6) is 0 Å². The number of esters is 3. The summed E-state index contributed by atoms with van der Waals surface area (Å²) in [6.45, 7) is 14.6. The summed E-state index contributed by atoms with van der Waals surface area (Å²) in [5, 5.41) is 20.9. The molecule has 212 valence electrons. The molecule has 0 radical (unpaired) electrons. The minimum Gasteiger partial charge on any atom is -0.512 e. The normalized spacial score (nSPS) is 22.8. The van der Waals surface area contributed by atoms with Crippen molar-refractivity contribution in [1.29, 1.82) is 0 Å². The lowest BCUT2D eigenvalue weighted by Gasteiger charge is -2.65. The minimum absolute atomic E-state index is 0.0865. The zero-order valence-electron chi connectivity index (χ0n) is 23.6. The van der Waals surface area contributed by atoms with E-state index < -0.39 is 17.9 Å². The molecule has 1 aliphatic heterocycles. The van der Waals surface area contributed by atoms with E-state index in [2.05, 4.69) is 48.6 Å².